The van der Waals surface area contributed by atoms with E-state index < -0.39 is 0 Å². The van der Waals surface area contributed by atoms with E-state index in [0.717, 1.165) is 22.6 Å². The Labute approximate surface area is 185 Å². The number of methoxy groups -OCH3 is 1. The number of aromatic nitrogens is 3. The van der Waals surface area contributed by atoms with Gasteiger partial charge in [0.1, 0.15) is 12.4 Å². The summed E-state index contributed by atoms with van der Waals surface area (Å²) in [4.78, 5) is 21.6. The van der Waals surface area contributed by atoms with Crippen LogP contribution in [-0.4, -0.2) is 52.9 Å². The highest BCUT2D eigenvalue weighted by Crippen LogP contribution is 2.29. The van der Waals surface area contributed by atoms with Gasteiger partial charge in [-0.25, -0.2) is 9.78 Å². The van der Waals surface area contributed by atoms with Crippen molar-refractivity contribution in [3.8, 4) is 22.8 Å². The lowest BCUT2D eigenvalue weighted by Crippen LogP contribution is -2.33. The summed E-state index contributed by atoms with van der Waals surface area (Å²) < 4.78 is 12.8. The van der Waals surface area contributed by atoms with Crippen molar-refractivity contribution in [1.29, 1.82) is 0 Å². The van der Waals surface area contributed by atoms with E-state index >= 15 is 0 Å². The topological polar surface area (TPSA) is 112 Å². The second-order valence-electron chi connectivity index (χ2n) is 7.19. The minimum Gasteiger partial charge on any atom is -0.489 e. The molecule has 2 amide bonds. The standard InChI is InChI=1S/C22H24N6O4/c1-28-13-15(11-25-28)19-5-3-4-6-20(19)31-14-18-9-17(27-32-18)12-24-22(29)26-16-7-8-23-21(10-16)30-2/h3-8,10-11,13,18H,9,12,14H2,1-2H3,(H2,23,24,26,29). The second-order valence-corrected chi connectivity index (χ2v) is 7.19. The number of anilines is 1. The molecular formula is C22H24N6O4. The number of carbonyl (C=O) groups is 1. The van der Waals surface area contributed by atoms with Crippen molar-refractivity contribution in [3.63, 3.8) is 0 Å². The number of hydrogen-bond donors (Lipinski definition) is 2. The third-order valence-corrected chi connectivity index (χ3v) is 4.78. The van der Waals surface area contributed by atoms with Gasteiger partial charge in [-0.05, 0) is 12.1 Å². The number of aryl methyl sites for hydroxylation is 1. The summed E-state index contributed by atoms with van der Waals surface area (Å²) in [5.41, 5.74) is 3.26. The number of benzene rings is 1. The molecule has 10 heteroatoms. The maximum atomic E-state index is 12.1. The predicted molar refractivity (Wildman–Crippen MR) is 119 cm³/mol. The van der Waals surface area contributed by atoms with Crippen LogP contribution in [0.3, 0.4) is 0 Å². The monoisotopic (exact) mass is 436 g/mol. The highest BCUT2D eigenvalue weighted by molar-refractivity contribution is 5.94. The molecule has 3 aromatic rings. The molecule has 0 aliphatic carbocycles. The van der Waals surface area contributed by atoms with Crippen LogP contribution >= 0.6 is 0 Å². The molecule has 1 unspecified atom stereocenters. The number of carbonyl (C=O) groups excluding carboxylic acids is 1. The fourth-order valence-electron chi connectivity index (χ4n) is 3.21. The third kappa shape index (κ3) is 5.34. The largest absolute Gasteiger partial charge is 0.489 e. The maximum absolute atomic E-state index is 12.1. The van der Waals surface area contributed by atoms with Crippen LogP contribution in [0, 0.1) is 0 Å². The number of amides is 2. The third-order valence-electron chi connectivity index (χ3n) is 4.78. The van der Waals surface area contributed by atoms with Crippen molar-refractivity contribution in [2.75, 3.05) is 25.6 Å². The lowest BCUT2D eigenvalue weighted by atomic mass is 10.1. The van der Waals surface area contributed by atoms with Crippen LogP contribution in [0.4, 0.5) is 10.5 Å². The Bertz CT molecular complexity index is 1110. The van der Waals surface area contributed by atoms with Crippen LogP contribution in [0.2, 0.25) is 0 Å². The molecule has 1 aliphatic heterocycles. The van der Waals surface area contributed by atoms with Gasteiger partial charge in [-0.1, -0.05) is 23.4 Å². The SMILES string of the molecule is COc1cc(NC(=O)NCC2=NOC(COc3ccccc3-c3cnn(C)c3)C2)ccn1. The van der Waals surface area contributed by atoms with Crippen molar-refractivity contribution in [1.82, 2.24) is 20.1 Å². The Balaban J connectivity index is 1.24. The Morgan fingerprint density at radius 3 is 3.00 bits per heavy atom. The first-order chi connectivity index (χ1) is 15.6. The number of oxime groups is 1. The number of nitrogens with one attached hydrogen (secondary N) is 2. The zero-order valence-electron chi connectivity index (χ0n) is 17.8. The molecule has 0 saturated heterocycles. The van der Waals surface area contributed by atoms with E-state index in [2.05, 4.69) is 25.9 Å². The van der Waals surface area contributed by atoms with E-state index in [1.165, 1.54) is 7.11 Å². The highest BCUT2D eigenvalue weighted by Gasteiger charge is 2.22. The zero-order valence-corrected chi connectivity index (χ0v) is 17.8. The minimum absolute atomic E-state index is 0.221. The molecule has 0 bridgehead atoms. The average Bonchev–Trinajstić information content (AvgIpc) is 3.45. The molecule has 1 aromatic carbocycles. The molecule has 3 heterocycles. The highest BCUT2D eigenvalue weighted by atomic mass is 16.7. The quantitative estimate of drug-likeness (QED) is 0.562. The first kappa shape index (κ1) is 21.2. The lowest BCUT2D eigenvalue weighted by molar-refractivity contribution is 0.0472. The van der Waals surface area contributed by atoms with E-state index in [9.17, 15) is 4.79 Å². The lowest BCUT2D eigenvalue weighted by Gasteiger charge is -2.13. The molecule has 4 rings (SSSR count). The number of para-hydroxylation sites is 1. The summed E-state index contributed by atoms with van der Waals surface area (Å²) in [5.74, 6) is 1.17. The molecule has 1 aliphatic rings. The minimum atomic E-state index is -0.356. The van der Waals surface area contributed by atoms with Gasteiger partial charge in [0.15, 0.2) is 6.10 Å². The molecule has 0 fully saturated rings. The molecular weight excluding hydrogens is 412 g/mol. The van der Waals surface area contributed by atoms with Gasteiger partial charge in [0.2, 0.25) is 5.88 Å². The summed E-state index contributed by atoms with van der Waals surface area (Å²) in [6.45, 7) is 0.615. The fourth-order valence-corrected chi connectivity index (χ4v) is 3.21. The first-order valence-corrected chi connectivity index (χ1v) is 10.1. The van der Waals surface area contributed by atoms with Crippen LogP contribution in [0.25, 0.3) is 11.1 Å². The number of rotatable bonds is 8. The van der Waals surface area contributed by atoms with E-state index in [-0.39, 0.29) is 18.7 Å². The molecule has 32 heavy (non-hydrogen) atoms. The van der Waals surface area contributed by atoms with Crippen LogP contribution in [0.15, 0.2) is 60.1 Å². The van der Waals surface area contributed by atoms with Crippen LogP contribution in [0.1, 0.15) is 6.42 Å². The summed E-state index contributed by atoms with van der Waals surface area (Å²) in [5, 5.41) is 13.8. The summed E-state index contributed by atoms with van der Waals surface area (Å²) in [6.07, 6.45) is 5.64. The zero-order chi connectivity index (χ0) is 22.3. The molecule has 10 nitrogen and oxygen atoms in total. The summed E-state index contributed by atoms with van der Waals surface area (Å²) in [7, 11) is 3.39. The van der Waals surface area contributed by atoms with Crippen LogP contribution in [-0.2, 0) is 11.9 Å². The van der Waals surface area contributed by atoms with Gasteiger partial charge in [-0.2, -0.15) is 5.10 Å². The van der Waals surface area contributed by atoms with E-state index in [1.807, 2.05) is 37.5 Å². The van der Waals surface area contributed by atoms with Gasteiger partial charge >= 0.3 is 6.03 Å². The number of pyridine rings is 1. The molecule has 0 radical (unpaired) electrons. The number of ether oxygens (including phenoxy) is 2. The van der Waals surface area contributed by atoms with E-state index in [0.29, 0.717) is 24.6 Å². The molecule has 1 atom stereocenters. The van der Waals surface area contributed by atoms with Gasteiger partial charge in [0.05, 0.1) is 25.6 Å². The Kier molecular flexibility index (Phi) is 6.49. The van der Waals surface area contributed by atoms with Crippen molar-refractivity contribution >= 4 is 17.4 Å². The smallest absolute Gasteiger partial charge is 0.319 e. The molecule has 2 N–H and O–H groups in total. The van der Waals surface area contributed by atoms with Crippen molar-refractivity contribution in [2.24, 2.45) is 12.2 Å². The summed E-state index contributed by atoms with van der Waals surface area (Å²) in [6, 6.07) is 10.7. The van der Waals surface area contributed by atoms with Gasteiger partial charge in [0, 0.05) is 48.7 Å². The maximum Gasteiger partial charge on any atom is 0.319 e. The van der Waals surface area contributed by atoms with Crippen molar-refractivity contribution in [3.05, 3.63) is 55.0 Å². The molecule has 0 spiro atoms. The average molecular weight is 436 g/mol. The van der Waals surface area contributed by atoms with E-state index in [1.54, 1.807) is 29.2 Å². The normalized spacial score (nSPS) is 14.9. The fraction of sp³-hybridized carbons (Fsp3) is 0.273. The molecule has 166 valence electrons. The predicted octanol–water partition coefficient (Wildman–Crippen LogP) is 2.84. The second kappa shape index (κ2) is 9.82. The Morgan fingerprint density at radius 1 is 1.31 bits per heavy atom. The number of urea groups is 1. The van der Waals surface area contributed by atoms with Gasteiger partial charge < -0.3 is 24.9 Å². The van der Waals surface area contributed by atoms with Crippen LogP contribution in [0.5, 0.6) is 11.6 Å². The van der Waals surface area contributed by atoms with Gasteiger partial charge in [-0.3, -0.25) is 4.68 Å². The van der Waals surface area contributed by atoms with Gasteiger partial charge in [-0.15, -0.1) is 0 Å². The molecule has 2 aromatic heterocycles. The first-order valence-electron chi connectivity index (χ1n) is 10.1. The summed E-state index contributed by atoms with van der Waals surface area (Å²) >= 11 is 0. The van der Waals surface area contributed by atoms with Crippen LogP contribution < -0.4 is 20.1 Å². The van der Waals surface area contributed by atoms with E-state index in [4.69, 9.17) is 14.3 Å². The van der Waals surface area contributed by atoms with Crippen molar-refractivity contribution < 1.29 is 19.1 Å². The number of hydrogen-bond acceptors (Lipinski definition) is 7. The molecule has 0 saturated carbocycles. The van der Waals surface area contributed by atoms with Gasteiger partial charge in [0.25, 0.3) is 0 Å². The Hall–Kier alpha value is -4.08. The Morgan fingerprint density at radius 2 is 2.19 bits per heavy atom. The number of nitrogens with zero attached hydrogens (tertiary/aromatic N) is 4. The van der Waals surface area contributed by atoms with Crippen molar-refractivity contribution in [2.45, 2.75) is 12.5 Å².